The van der Waals surface area contributed by atoms with Crippen LogP contribution in [0, 0.1) is 22.2 Å². The van der Waals surface area contributed by atoms with Crippen LogP contribution in [0.2, 0.25) is 0 Å². The first-order valence-electron chi connectivity index (χ1n) is 17.8. The number of carbonyl (C=O) groups is 1. The molecule has 0 heterocycles. The first-order chi connectivity index (χ1) is 18.5. The largest absolute Gasteiger partial charge is 0.481 e. The third-order valence-corrected chi connectivity index (χ3v) is 12.1. The third kappa shape index (κ3) is 8.25. The smallest absolute Gasteiger partial charge is 0.310 e. The summed E-state index contributed by atoms with van der Waals surface area (Å²) >= 11 is 0. The average molecular weight is 531 g/mol. The van der Waals surface area contributed by atoms with E-state index in [1.54, 1.807) is 0 Å². The van der Waals surface area contributed by atoms with Crippen LogP contribution in [0.15, 0.2) is 0 Å². The molecule has 3 aliphatic rings. The molecule has 0 saturated heterocycles. The summed E-state index contributed by atoms with van der Waals surface area (Å²) in [5.41, 5.74) is 0.136. The van der Waals surface area contributed by atoms with Crippen LogP contribution in [0.5, 0.6) is 0 Å². The number of rotatable bonds is 18. The van der Waals surface area contributed by atoms with Crippen LogP contribution >= 0.6 is 0 Å². The first kappa shape index (κ1) is 32.0. The topological polar surface area (TPSA) is 37.3 Å². The third-order valence-electron chi connectivity index (χ3n) is 12.1. The van der Waals surface area contributed by atoms with Gasteiger partial charge in [-0.1, -0.05) is 136 Å². The van der Waals surface area contributed by atoms with Crippen LogP contribution in [0.25, 0.3) is 0 Å². The molecule has 0 spiro atoms. The van der Waals surface area contributed by atoms with E-state index in [0.717, 1.165) is 31.6 Å². The fourth-order valence-corrected chi connectivity index (χ4v) is 9.58. The lowest BCUT2D eigenvalue weighted by atomic mass is 9.46. The predicted molar refractivity (Wildman–Crippen MR) is 164 cm³/mol. The van der Waals surface area contributed by atoms with Crippen LogP contribution < -0.4 is 0 Å². The van der Waals surface area contributed by atoms with Crippen molar-refractivity contribution in [3.63, 3.8) is 0 Å². The number of hydrogen-bond acceptors (Lipinski definition) is 1. The molecule has 3 saturated carbocycles. The van der Waals surface area contributed by atoms with E-state index < -0.39 is 11.4 Å². The lowest BCUT2D eigenvalue weighted by molar-refractivity contribution is -0.171. The van der Waals surface area contributed by atoms with Gasteiger partial charge in [-0.25, -0.2) is 0 Å². The van der Waals surface area contributed by atoms with E-state index in [1.807, 2.05) is 0 Å². The second kappa shape index (κ2) is 16.7. The molecule has 0 aliphatic heterocycles. The summed E-state index contributed by atoms with van der Waals surface area (Å²) in [5.74, 6) is 0.483. The van der Waals surface area contributed by atoms with Crippen molar-refractivity contribution in [3.8, 4) is 0 Å². The number of unbranched alkanes of at least 4 members (excludes halogenated alkanes) is 11. The number of carboxylic acid groups (broad SMARTS) is 1. The molecule has 38 heavy (non-hydrogen) atoms. The molecule has 2 nitrogen and oxygen atoms in total. The Morgan fingerprint density at radius 3 is 1.58 bits per heavy atom. The summed E-state index contributed by atoms with van der Waals surface area (Å²) in [6.45, 7) is 4.61. The molecule has 0 aromatic rings. The molecule has 0 atom stereocenters. The molecule has 2 heteroatoms. The summed E-state index contributed by atoms with van der Waals surface area (Å²) in [4.78, 5) is 13.1. The Balaban J connectivity index is 1.71. The van der Waals surface area contributed by atoms with E-state index >= 15 is 0 Å². The van der Waals surface area contributed by atoms with E-state index in [9.17, 15) is 9.90 Å². The summed E-state index contributed by atoms with van der Waals surface area (Å²) in [6.07, 6.45) is 38.0. The van der Waals surface area contributed by atoms with Gasteiger partial charge in [-0.15, -0.1) is 0 Å². The Bertz CT molecular complexity index is 632. The molecule has 0 amide bonds. The van der Waals surface area contributed by atoms with Gasteiger partial charge in [0.1, 0.15) is 0 Å². The lowest BCUT2D eigenvalue weighted by Crippen LogP contribution is -2.53. The monoisotopic (exact) mass is 531 g/mol. The van der Waals surface area contributed by atoms with Crippen molar-refractivity contribution in [1.29, 1.82) is 0 Å². The lowest BCUT2D eigenvalue weighted by Gasteiger charge is -2.58. The molecular weight excluding hydrogens is 464 g/mol. The van der Waals surface area contributed by atoms with Crippen LogP contribution in [-0.4, -0.2) is 11.1 Å². The van der Waals surface area contributed by atoms with Gasteiger partial charge in [0.25, 0.3) is 0 Å². The van der Waals surface area contributed by atoms with E-state index in [2.05, 4.69) is 13.8 Å². The highest BCUT2D eigenvalue weighted by Crippen LogP contribution is 2.64. The minimum absolute atomic E-state index is 0.0575. The fraction of sp³-hybridized carbons (Fsp3) is 0.972. The maximum atomic E-state index is 13.1. The number of hydrogen-bond donors (Lipinski definition) is 1. The van der Waals surface area contributed by atoms with Gasteiger partial charge in [0.15, 0.2) is 0 Å². The van der Waals surface area contributed by atoms with Crippen molar-refractivity contribution < 1.29 is 9.90 Å². The maximum Gasteiger partial charge on any atom is 0.310 e. The van der Waals surface area contributed by atoms with Gasteiger partial charge in [0, 0.05) is 0 Å². The zero-order valence-electron chi connectivity index (χ0n) is 25.9. The number of aliphatic carboxylic acids is 1. The summed E-state index contributed by atoms with van der Waals surface area (Å²) in [6, 6.07) is 0. The quantitative estimate of drug-likeness (QED) is 0.179. The van der Waals surface area contributed by atoms with Crippen molar-refractivity contribution in [1.82, 2.24) is 0 Å². The molecule has 3 aliphatic carbocycles. The minimum Gasteiger partial charge on any atom is -0.481 e. The Morgan fingerprint density at radius 1 is 0.579 bits per heavy atom. The Morgan fingerprint density at radius 2 is 1.05 bits per heavy atom. The van der Waals surface area contributed by atoms with E-state index in [0.29, 0.717) is 5.41 Å². The fourth-order valence-electron chi connectivity index (χ4n) is 9.58. The normalized spacial score (nSPS) is 28.4. The number of carboxylic acids is 1. The second-order valence-corrected chi connectivity index (χ2v) is 14.3. The van der Waals surface area contributed by atoms with Gasteiger partial charge in [-0.3, -0.25) is 4.79 Å². The van der Waals surface area contributed by atoms with Crippen LogP contribution in [0.3, 0.4) is 0 Å². The highest BCUT2D eigenvalue weighted by Gasteiger charge is 2.59. The van der Waals surface area contributed by atoms with E-state index in [1.165, 1.54) is 161 Å². The average Bonchev–Trinajstić information content (AvgIpc) is 2.96. The highest BCUT2D eigenvalue weighted by molar-refractivity contribution is 5.76. The molecule has 0 unspecified atom stereocenters. The van der Waals surface area contributed by atoms with E-state index in [-0.39, 0.29) is 5.41 Å². The highest BCUT2D eigenvalue weighted by atomic mass is 16.4. The van der Waals surface area contributed by atoms with Crippen molar-refractivity contribution in [2.24, 2.45) is 22.2 Å². The van der Waals surface area contributed by atoms with Gasteiger partial charge in [-0.2, -0.15) is 0 Å². The zero-order chi connectivity index (χ0) is 27.2. The summed E-state index contributed by atoms with van der Waals surface area (Å²) in [5, 5.41) is 10.8. The Kier molecular flexibility index (Phi) is 14.0. The molecule has 222 valence electrons. The van der Waals surface area contributed by atoms with Crippen molar-refractivity contribution >= 4 is 5.97 Å². The summed E-state index contributed by atoms with van der Waals surface area (Å²) < 4.78 is 0. The van der Waals surface area contributed by atoms with Crippen LogP contribution in [-0.2, 0) is 4.79 Å². The minimum atomic E-state index is -0.438. The summed E-state index contributed by atoms with van der Waals surface area (Å²) in [7, 11) is 0. The molecular formula is C36H66O2. The van der Waals surface area contributed by atoms with Crippen molar-refractivity contribution in [2.45, 2.75) is 200 Å². The Hall–Kier alpha value is -0.530. The SMILES string of the molecule is CCCCCCCCCC1(C2(C(=O)O)CCCCC2)CCC(CCCCCCCC)(C2CCCCC2)CC1. The van der Waals surface area contributed by atoms with Gasteiger partial charge in [0.2, 0.25) is 0 Å². The molecule has 3 fully saturated rings. The van der Waals surface area contributed by atoms with Crippen LogP contribution in [0.1, 0.15) is 200 Å². The van der Waals surface area contributed by atoms with Crippen LogP contribution in [0.4, 0.5) is 0 Å². The molecule has 3 rings (SSSR count). The zero-order valence-corrected chi connectivity index (χ0v) is 25.9. The predicted octanol–water partition coefficient (Wildman–Crippen LogP) is 12.0. The van der Waals surface area contributed by atoms with Gasteiger partial charge in [0.05, 0.1) is 5.41 Å². The molecule has 0 bridgehead atoms. The second-order valence-electron chi connectivity index (χ2n) is 14.3. The van der Waals surface area contributed by atoms with Crippen molar-refractivity contribution in [2.75, 3.05) is 0 Å². The molecule has 0 radical (unpaired) electrons. The van der Waals surface area contributed by atoms with E-state index in [4.69, 9.17) is 0 Å². The Labute approximate surface area is 237 Å². The maximum absolute atomic E-state index is 13.1. The molecule has 0 aromatic carbocycles. The molecule has 1 N–H and O–H groups in total. The van der Waals surface area contributed by atoms with Gasteiger partial charge in [-0.05, 0) is 81.0 Å². The first-order valence-corrected chi connectivity index (χ1v) is 17.8. The van der Waals surface area contributed by atoms with Gasteiger partial charge < -0.3 is 5.11 Å². The molecule has 0 aromatic heterocycles. The standard InChI is InChI=1S/C36H66O2/c1-3-5-7-9-11-13-19-25-35(36(33(37)38)26-20-15-21-27-36)30-28-34(29-31-35,32-22-16-14-17-23-32)24-18-12-10-8-6-4-2/h32H,3-31H2,1-2H3,(H,37,38). The van der Waals surface area contributed by atoms with Crippen molar-refractivity contribution in [3.05, 3.63) is 0 Å². The van der Waals surface area contributed by atoms with Gasteiger partial charge >= 0.3 is 5.97 Å².